The lowest BCUT2D eigenvalue weighted by Crippen LogP contribution is -2.61. The molecule has 0 atom stereocenters. The van der Waals surface area contributed by atoms with Crippen molar-refractivity contribution in [1.82, 2.24) is 0 Å². The van der Waals surface area contributed by atoms with E-state index >= 15 is 0 Å². The van der Waals surface area contributed by atoms with Crippen molar-refractivity contribution in [2.24, 2.45) is 0 Å². The number of benzene rings is 6. The van der Waals surface area contributed by atoms with Gasteiger partial charge >= 0.3 is 6.85 Å². The summed E-state index contributed by atoms with van der Waals surface area (Å²) in [6, 6.07) is 51.8. The zero-order chi connectivity index (χ0) is 28.3. The second-order valence-electron chi connectivity index (χ2n) is 12.0. The third-order valence-corrected chi connectivity index (χ3v) is 9.60. The molecule has 3 aliphatic rings. The molecule has 2 heterocycles. The molecule has 0 spiro atoms. The number of hydrogen-bond donors (Lipinski definition) is 0. The summed E-state index contributed by atoms with van der Waals surface area (Å²) in [5, 5.41) is 0. The van der Waals surface area contributed by atoms with Crippen molar-refractivity contribution in [2.45, 2.75) is 25.7 Å². The van der Waals surface area contributed by atoms with Crippen LogP contribution < -0.4 is 20.6 Å². The van der Waals surface area contributed by atoms with E-state index in [2.05, 4.69) is 149 Å². The lowest BCUT2D eigenvalue weighted by atomic mass is 9.43. The third kappa shape index (κ3) is 3.74. The first-order valence-electron chi connectivity index (χ1n) is 15.5. The van der Waals surface area contributed by atoms with Gasteiger partial charge in [-0.15, -0.1) is 0 Å². The number of nitrogens with zero attached hydrogens (tertiary/aromatic N) is 2. The van der Waals surface area contributed by atoms with Crippen LogP contribution >= 0.6 is 0 Å². The molecule has 0 aromatic heterocycles. The molecule has 0 radical (unpaired) electrons. The normalized spacial score (nSPS) is 14.5. The van der Waals surface area contributed by atoms with Gasteiger partial charge < -0.3 is 9.71 Å². The lowest BCUT2D eigenvalue weighted by Gasteiger charge is -2.46. The first-order chi connectivity index (χ1) is 21.4. The van der Waals surface area contributed by atoms with Gasteiger partial charge in [-0.25, -0.2) is 0 Å². The van der Waals surface area contributed by atoms with Crippen molar-refractivity contribution in [1.29, 1.82) is 0 Å². The Balaban J connectivity index is 1.36. The Labute approximate surface area is 254 Å². The van der Waals surface area contributed by atoms with Crippen LogP contribution in [0.5, 0.6) is 0 Å². The van der Waals surface area contributed by atoms with Crippen LogP contribution in [0.4, 0.5) is 28.4 Å². The number of rotatable bonds is 3. The summed E-state index contributed by atoms with van der Waals surface area (Å²) in [5.41, 5.74) is 17.2. The maximum Gasteiger partial charge on any atom is 0.333 e. The standard InChI is InChI=1S/C40H31BN2/c1-3-14-28(15-4-1)34-26-29-16-7-8-17-30(29)27-39(34)42-37-24-12-10-22-35(37)41-40-33(21-13-25-38(40)42)32-20-9-11-23-36(32)43(41)31-18-5-2-6-19-31/h1-6,9-15,18-27H,7-8,16-17H2. The molecule has 0 fully saturated rings. The van der Waals surface area contributed by atoms with Crippen LogP contribution in [-0.2, 0) is 12.8 Å². The van der Waals surface area contributed by atoms with E-state index < -0.39 is 0 Å². The monoisotopic (exact) mass is 550 g/mol. The molecular weight excluding hydrogens is 519 g/mol. The highest BCUT2D eigenvalue weighted by atomic mass is 15.2. The summed E-state index contributed by atoms with van der Waals surface area (Å²) in [6.07, 6.45) is 4.85. The summed E-state index contributed by atoms with van der Waals surface area (Å²) in [7, 11) is 0. The van der Waals surface area contributed by atoms with E-state index in [1.807, 2.05) is 0 Å². The van der Waals surface area contributed by atoms with E-state index in [4.69, 9.17) is 0 Å². The first kappa shape index (κ1) is 24.6. The van der Waals surface area contributed by atoms with Gasteiger partial charge in [0.1, 0.15) is 0 Å². The molecule has 9 rings (SSSR count). The van der Waals surface area contributed by atoms with Gasteiger partial charge in [-0.1, -0.05) is 97.1 Å². The number of para-hydroxylation sites is 3. The summed E-state index contributed by atoms with van der Waals surface area (Å²) >= 11 is 0. The van der Waals surface area contributed by atoms with Gasteiger partial charge in [-0.05, 0) is 101 Å². The van der Waals surface area contributed by atoms with Crippen molar-refractivity contribution in [3.05, 3.63) is 151 Å². The van der Waals surface area contributed by atoms with Gasteiger partial charge in [0.2, 0.25) is 0 Å². The van der Waals surface area contributed by atoms with Gasteiger partial charge in [-0.3, -0.25) is 0 Å². The molecule has 0 amide bonds. The quantitative estimate of drug-likeness (QED) is 0.203. The summed E-state index contributed by atoms with van der Waals surface area (Å²) in [4.78, 5) is 5.13. The Hall–Kier alpha value is -5.02. The highest BCUT2D eigenvalue weighted by Gasteiger charge is 2.44. The van der Waals surface area contributed by atoms with Crippen LogP contribution in [0.15, 0.2) is 140 Å². The summed E-state index contributed by atoms with van der Waals surface area (Å²) < 4.78 is 0. The van der Waals surface area contributed by atoms with Crippen LogP contribution in [0.2, 0.25) is 0 Å². The van der Waals surface area contributed by atoms with E-state index in [9.17, 15) is 0 Å². The van der Waals surface area contributed by atoms with E-state index in [1.54, 1.807) is 0 Å². The maximum absolute atomic E-state index is 2.57. The maximum atomic E-state index is 2.57. The molecule has 204 valence electrons. The SMILES string of the molecule is c1ccc(-c2cc3c(cc2N2c4ccccc4B4c5c(cccc52)-c2ccccc2N4c2ccccc2)CCCC3)cc1. The molecule has 0 unspecified atom stereocenters. The Bertz CT molecular complexity index is 2000. The lowest BCUT2D eigenvalue weighted by molar-refractivity contribution is 0.686. The van der Waals surface area contributed by atoms with Crippen molar-refractivity contribution in [2.75, 3.05) is 9.71 Å². The molecule has 3 heteroatoms. The third-order valence-electron chi connectivity index (χ3n) is 9.60. The van der Waals surface area contributed by atoms with Crippen molar-refractivity contribution >= 4 is 46.2 Å². The molecule has 0 bridgehead atoms. The summed E-state index contributed by atoms with van der Waals surface area (Å²) in [6.45, 7) is 0.0637. The van der Waals surface area contributed by atoms with E-state index in [0.29, 0.717) is 0 Å². The van der Waals surface area contributed by atoms with Crippen molar-refractivity contribution in [3.63, 3.8) is 0 Å². The molecule has 0 N–H and O–H groups in total. The van der Waals surface area contributed by atoms with E-state index in [0.717, 1.165) is 12.8 Å². The van der Waals surface area contributed by atoms with Gasteiger partial charge in [0, 0.05) is 33.9 Å². The van der Waals surface area contributed by atoms with Gasteiger partial charge in [0.25, 0.3) is 0 Å². The van der Waals surface area contributed by atoms with Crippen LogP contribution in [0, 0.1) is 0 Å². The van der Waals surface area contributed by atoms with Gasteiger partial charge in [0.15, 0.2) is 0 Å². The second kappa shape index (κ2) is 9.78. The highest BCUT2D eigenvalue weighted by Crippen LogP contribution is 2.48. The predicted octanol–water partition coefficient (Wildman–Crippen LogP) is 8.94. The molecule has 43 heavy (non-hydrogen) atoms. The molecule has 6 aromatic carbocycles. The van der Waals surface area contributed by atoms with E-state index in [1.165, 1.54) is 85.6 Å². The van der Waals surface area contributed by atoms with Crippen molar-refractivity contribution in [3.8, 4) is 22.3 Å². The highest BCUT2D eigenvalue weighted by molar-refractivity contribution is 6.93. The van der Waals surface area contributed by atoms with Gasteiger partial charge in [0.05, 0.1) is 5.69 Å². The zero-order valence-electron chi connectivity index (χ0n) is 24.1. The predicted molar refractivity (Wildman–Crippen MR) is 182 cm³/mol. The molecule has 0 saturated carbocycles. The van der Waals surface area contributed by atoms with E-state index in [-0.39, 0.29) is 6.85 Å². The fourth-order valence-corrected chi connectivity index (χ4v) is 7.74. The van der Waals surface area contributed by atoms with Crippen LogP contribution in [0.25, 0.3) is 22.3 Å². The minimum atomic E-state index is 0.0637. The molecule has 1 aliphatic carbocycles. The fraction of sp³-hybridized carbons (Fsp3) is 0.100. The van der Waals surface area contributed by atoms with Crippen LogP contribution in [-0.4, -0.2) is 6.85 Å². The Kier molecular flexibility index (Phi) is 5.59. The number of aryl methyl sites for hydroxylation is 2. The number of anilines is 5. The molecule has 2 aliphatic heterocycles. The summed E-state index contributed by atoms with van der Waals surface area (Å²) in [5.74, 6) is 0. The topological polar surface area (TPSA) is 6.48 Å². The number of hydrogen-bond acceptors (Lipinski definition) is 2. The average molecular weight is 551 g/mol. The first-order valence-corrected chi connectivity index (χ1v) is 15.5. The Morgan fingerprint density at radius 3 is 1.91 bits per heavy atom. The molecule has 6 aromatic rings. The molecule has 0 saturated heterocycles. The average Bonchev–Trinajstić information content (AvgIpc) is 3.08. The molecule has 2 nitrogen and oxygen atoms in total. The molecular formula is C40H31BN2. The van der Waals surface area contributed by atoms with Crippen molar-refractivity contribution < 1.29 is 0 Å². The van der Waals surface area contributed by atoms with Gasteiger partial charge in [-0.2, -0.15) is 0 Å². The Morgan fingerprint density at radius 1 is 0.465 bits per heavy atom. The fourth-order valence-electron chi connectivity index (χ4n) is 7.74. The number of fused-ring (bicyclic) bond motifs is 5. The minimum Gasteiger partial charge on any atom is -0.376 e. The Morgan fingerprint density at radius 2 is 1.09 bits per heavy atom. The van der Waals surface area contributed by atoms with Crippen LogP contribution in [0.3, 0.4) is 0 Å². The largest absolute Gasteiger partial charge is 0.376 e. The van der Waals surface area contributed by atoms with Crippen LogP contribution in [0.1, 0.15) is 24.0 Å². The smallest absolute Gasteiger partial charge is 0.333 e. The second-order valence-corrected chi connectivity index (χ2v) is 12.0. The zero-order valence-corrected chi connectivity index (χ0v) is 24.1. The minimum absolute atomic E-state index is 0.0637.